The van der Waals surface area contributed by atoms with E-state index in [0.717, 1.165) is 23.7 Å². The maximum absolute atomic E-state index is 2.52. The molecule has 0 fully saturated rings. The van der Waals surface area contributed by atoms with Crippen molar-refractivity contribution in [1.82, 2.24) is 0 Å². The van der Waals surface area contributed by atoms with Gasteiger partial charge >= 0.3 is 0 Å². The lowest BCUT2D eigenvalue weighted by Crippen LogP contribution is -2.02. The Balaban J connectivity index is 3.41. The first-order valence-electron chi connectivity index (χ1n) is 20.0. The van der Waals surface area contributed by atoms with Gasteiger partial charge in [0, 0.05) is 0 Å². The van der Waals surface area contributed by atoms with E-state index in [1.54, 1.807) is 0 Å². The molecule has 248 valence electrons. The second kappa shape index (κ2) is 32.9. The molecule has 41 heavy (non-hydrogen) atoms. The van der Waals surface area contributed by atoms with Crippen molar-refractivity contribution in [3.8, 4) is 0 Å². The van der Waals surface area contributed by atoms with E-state index in [2.05, 4.69) is 41.5 Å². The van der Waals surface area contributed by atoms with Gasteiger partial charge < -0.3 is 0 Å². The maximum Gasteiger partial charge on any atom is -0.0443 e. The Hall–Kier alpha value is 0. The normalized spacial score (nSPS) is 14.8. The summed E-state index contributed by atoms with van der Waals surface area (Å²) in [6.45, 7) is 14.7. The Bertz CT molecular complexity index is 467. The minimum Gasteiger partial charge on any atom is -0.0654 e. The van der Waals surface area contributed by atoms with Crippen molar-refractivity contribution in [3.05, 3.63) is 0 Å². The Morgan fingerprint density at radius 1 is 0.220 bits per heavy atom. The number of unbranched alkanes of at least 4 members (excludes halogenated alkanes) is 18. The number of hydrogen-bond acceptors (Lipinski definition) is 0. The van der Waals surface area contributed by atoms with Crippen molar-refractivity contribution in [2.75, 3.05) is 0 Å². The molecule has 0 nitrogen and oxygen atoms in total. The van der Waals surface area contributed by atoms with Crippen LogP contribution in [0.1, 0.15) is 241 Å². The summed E-state index contributed by atoms with van der Waals surface area (Å²) in [5.41, 5.74) is 0. The summed E-state index contributed by atoms with van der Waals surface area (Å²) in [6.07, 6.45) is 45.4. The summed E-state index contributed by atoms with van der Waals surface area (Å²) >= 11 is 0. The van der Waals surface area contributed by atoms with E-state index < -0.39 is 0 Å². The zero-order chi connectivity index (χ0) is 30.2. The molecule has 0 aliphatic rings. The average molecular weight is 577 g/mol. The highest BCUT2D eigenvalue weighted by molar-refractivity contribution is 4.62. The van der Waals surface area contributed by atoms with Crippen LogP contribution in [-0.4, -0.2) is 0 Å². The van der Waals surface area contributed by atoms with Crippen LogP contribution in [0.5, 0.6) is 0 Å². The quantitative estimate of drug-likeness (QED) is 0.0668. The van der Waals surface area contributed by atoms with E-state index >= 15 is 0 Å². The lowest BCUT2D eigenvalue weighted by atomic mass is 9.89. The molecule has 0 heterocycles. The van der Waals surface area contributed by atoms with Gasteiger partial charge in [0.15, 0.2) is 0 Å². The molecule has 0 heteroatoms. The van der Waals surface area contributed by atoms with E-state index in [1.165, 1.54) is 199 Å². The summed E-state index contributed by atoms with van der Waals surface area (Å²) < 4.78 is 0. The Labute approximate surface area is 263 Å². The van der Waals surface area contributed by atoms with Crippen LogP contribution < -0.4 is 0 Å². The highest BCUT2D eigenvalue weighted by atomic mass is 14.2. The van der Waals surface area contributed by atoms with Gasteiger partial charge in [0.25, 0.3) is 0 Å². The van der Waals surface area contributed by atoms with E-state index in [0.29, 0.717) is 0 Å². The molecule has 0 radical (unpaired) electrons. The Morgan fingerprint density at radius 2 is 0.390 bits per heavy atom. The van der Waals surface area contributed by atoms with E-state index in [1.807, 2.05) is 0 Å². The third-order valence-electron chi connectivity index (χ3n) is 10.3. The van der Waals surface area contributed by atoms with Crippen LogP contribution in [-0.2, 0) is 0 Å². The first-order valence-corrected chi connectivity index (χ1v) is 20.0. The predicted octanol–water partition coefficient (Wildman–Crippen LogP) is 15.7. The molecule has 0 N–H and O–H groups in total. The molecular formula is C41H84. The molecule has 0 aromatic carbocycles. The minimum atomic E-state index is 0.938. The van der Waals surface area contributed by atoms with Gasteiger partial charge in [0.05, 0.1) is 0 Å². The average Bonchev–Trinajstić information content (AvgIpc) is 2.95. The van der Waals surface area contributed by atoms with E-state index in [-0.39, 0.29) is 0 Å². The predicted molar refractivity (Wildman–Crippen MR) is 191 cm³/mol. The fourth-order valence-corrected chi connectivity index (χ4v) is 6.98. The van der Waals surface area contributed by atoms with Crippen molar-refractivity contribution < 1.29 is 0 Å². The second-order valence-electron chi connectivity index (χ2n) is 15.2. The van der Waals surface area contributed by atoms with Gasteiger partial charge in [-0.05, 0) is 23.7 Å². The highest BCUT2D eigenvalue weighted by Gasteiger charge is 2.09. The van der Waals surface area contributed by atoms with Gasteiger partial charge in [-0.1, -0.05) is 241 Å². The molecule has 4 atom stereocenters. The SMILES string of the molecule is CCCCCCCCCCCCCCCCCCC(C)CCCC(C)CCCC(C)CCCC(C)CCCCCC. The fourth-order valence-electron chi connectivity index (χ4n) is 6.98. The molecule has 0 spiro atoms. The maximum atomic E-state index is 2.52. The van der Waals surface area contributed by atoms with Crippen molar-refractivity contribution >= 4 is 0 Å². The second-order valence-corrected chi connectivity index (χ2v) is 15.2. The monoisotopic (exact) mass is 577 g/mol. The van der Waals surface area contributed by atoms with Crippen LogP contribution in [0.15, 0.2) is 0 Å². The largest absolute Gasteiger partial charge is 0.0654 e. The molecule has 0 aromatic rings. The molecule has 0 rings (SSSR count). The fraction of sp³-hybridized carbons (Fsp3) is 1.00. The smallest absolute Gasteiger partial charge is 0.0443 e. The van der Waals surface area contributed by atoms with Gasteiger partial charge in [-0.3, -0.25) is 0 Å². The van der Waals surface area contributed by atoms with Gasteiger partial charge in [0.1, 0.15) is 0 Å². The van der Waals surface area contributed by atoms with Gasteiger partial charge in [-0.2, -0.15) is 0 Å². The molecule has 4 unspecified atom stereocenters. The van der Waals surface area contributed by atoms with Gasteiger partial charge in [0.2, 0.25) is 0 Å². The van der Waals surface area contributed by atoms with E-state index in [9.17, 15) is 0 Å². The molecular weight excluding hydrogens is 492 g/mol. The summed E-state index contributed by atoms with van der Waals surface area (Å²) in [5, 5.41) is 0. The van der Waals surface area contributed by atoms with Gasteiger partial charge in [-0.15, -0.1) is 0 Å². The third-order valence-corrected chi connectivity index (χ3v) is 10.3. The Morgan fingerprint density at radius 3 is 0.634 bits per heavy atom. The molecule has 0 aromatic heterocycles. The lowest BCUT2D eigenvalue weighted by Gasteiger charge is -2.17. The highest BCUT2D eigenvalue weighted by Crippen LogP contribution is 2.24. The summed E-state index contributed by atoms with van der Waals surface area (Å²) in [4.78, 5) is 0. The van der Waals surface area contributed by atoms with Crippen LogP contribution in [0.25, 0.3) is 0 Å². The molecule has 0 aliphatic carbocycles. The van der Waals surface area contributed by atoms with Gasteiger partial charge in [-0.25, -0.2) is 0 Å². The lowest BCUT2D eigenvalue weighted by molar-refractivity contribution is 0.365. The van der Waals surface area contributed by atoms with Crippen molar-refractivity contribution in [2.45, 2.75) is 241 Å². The Kier molecular flexibility index (Phi) is 32.9. The minimum absolute atomic E-state index is 0.938. The summed E-state index contributed by atoms with van der Waals surface area (Å²) in [7, 11) is 0. The standard InChI is InChI=1S/C41H84/c1-7-9-11-13-14-15-16-17-18-19-20-21-22-23-24-26-31-39(4)33-28-35-41(6)37-29-36-40(5)34-27-32-38(3)30-25-12-10-8-2/h38-41H,7-37H2,1-6H3. The van der Waals surface area contributed by atoms with Crippen LogP contribution in [0.4, 0.5) is 0 Å². The van der Waals surface area contributed by atoms with Crippen LogP contribution in [0.3, 0.4) is 0 Å². The first-order chi connectivity index (χ1) is 20.0. The summed E-state index contributed by atoms with van der Waals surface area (Å²) in [6, 6.07) is 0. The van der Waals surface area contributed by atoms with Crippen molar-refractivity contribution in [3.63, 3.8) is 0 Å². The zero-order valence-electron chi connectivity index (χ0n) is 30.2. The van der Waals surface area contributed by atoms with Crippen LogP contribution in [0.2, 0.25) is 0 Å². The topological polar surface area (TPSA) is 0 Å². The number of hydrogen-bond donors (Lipinski definition) is 0. The first kappa shape index (κ1) is 41.0. The molecule has 0 saturated heterocycles. The zero-order valence-corrected chi connectivity index (χ0v) is 30.2. The van der Waals surface area contributed by atoms with Crippen LogP contribution in [0, 0.1) is 23.7 Å². The third kappa shape index (κ3) is 32.7. The molecule has 0 bridgehead atoms. The van der Waals surface area contributed by atoms with Crippen molar-refractivity contribution in [1.29, 1.82) is 0 Å². The molecule has 0 saturated carbocycles. The van der Waals surface area contributed by atoms with E-state index in [4.69, 9.17) is 0 Å². The molecule has 0 amide bonds. The van der Waals surface area contributed by atoms with Crippen molar-refractivity contribution in [2.24, 2.45) is 23.7 Å². The van der Waals surface area contributed by atoms with Crippen LogP contribution >= 0.6 is 0 Å². The summed E-state index contributed by atoms with van der Waals surface area (Å²) in [5.74, 6) is 3.77. The molecule has 0 aliphatic heterocycles. The number of rotatable bonds is 34.